The lowest BCUT2D eigenvalue weighted by Crippen LogP contribution is -2.40. The molecule has 0 bridgehead atoms. The maximum atomic E-state index is 8.64. The molecule has 1 unspecified atom stereocenters. The number of nitrogens with two attached hydrogens (primary N) is 1. The molecule has 0 spiro atoms. The Balaban J connectivity index is 2.34. The molecule has 1 rings (SSSR count). The zero-order chi connectivity index (χ0) is 10.4. The maximum Gasteiger partial charge on any atom is 0.106 e. The summed E-state index contributed by atoms with van der Waals surface area (Å²) in [4.78, 5) is 2.26. The molecular weight excluding hydrogens is 174 g/mol. The summed E-state index contributed by atoms with van der Waals surface area (Å²) in [5, 5.41) is 8.64. The molecule has 1 aliphatic rings. The van der Waals surface area contributed by atoms with E-state index in [2.05, 4.69) is 18.0 Å². The molecular formula is C11H21N3. The van der Waals surface area contributed by atoms with Crippen molar-refractivity contribution < 1.29 is 0 Å². The summed E-state index contributed by atoms with van der Waals surface area (Å²) in [6.45, 7) is 0.709. The van der Waals surface area contributed by atoms with Crippen molar-refractivity contribution in [3.63, 3.8) is 0 Å². The molecule has 80 valence electrons. The number of nitrogens with zero attached hydrogens (tertiary/aromatic N) is 2. The van der Waals surface area contributed by atoms with E-state index in [9.17, 15) is 0 Å². The summed E-state index contributed by atoms with van der Waals surface area (Å²) >= 11 is 0. The largest absolute Gasteiger partial charge is 0.315 e. The van der Waals surface area contributed by atoms with E-state index < -0.39 is 0 Å². The molecule has 0 heterocycles. The predicted octanol–water partition coefficient (Wildman–Crippen LogP) is 1.49. The zero-order valence-electron chi connectivity index (χ0n) is 9.08. The topological polar surface area (TPSA) is 53.0 Å². The highest BCUT2D eigenvalue weighted by Gasteiger charge is 2.18. The lowest BCUT2D eigenvalue weighted by molar-refractivity contribution is 0.218. The molecule has 1 saturated carbocycles. The van der Waals surface area contributed by atoms with E-state index in [0.29, 0.717) is 12.6 Å². The lowest BCUT2D eigenvalue weighted by Gasteiger charge is -2.27. The zero-order valence-corrected chi connectivity index (χ0v) is 9.08. The Labute approximate surface area is 86.9 Å². The number of hydrogen-bond donors (Lipinski definition) is 1. The van der Waals surface area contributed by atoms with Crippen LogP contribution in [0.4, 0.5) is 0 Å². The Hall–Kier alpha value is -0.590. The van der Waals surface area contributed by atoms with Crippen molar-refractivity contribution in [2.75, 3.05) is 13.6 Å². The minimum Gasteiger partial charge on any atom is -0.315 e. The van der Waals surface area contributed by atoms with Gasteiger partial charge in [-0.15, -0.1) is 0 Å². The van der Waals surface area contributed by atoms with E-state index in [1.165, 1.54) is 38.5 Å². The molecule has 0 aromatic carbocycles. The van der Waals surface area contributed by atoms with Crippen molar-refractivity contribution in [1.29, 1.82) is 5.26 Å². The molecule has 0 saturated heterocycles. The third kappa shape index (κ3) is 3.65. The Morgan fingerprint density at radius 3 is 2.43 bits per heavy atom. The summed E-state index contributed by atoms with van der Waals surface area (Å²) in [6.07, 6.45) is 7.94. The van der Waals surface area contributed by atoms with E-state index in [1.54, 1.807) is 0 Å². The first-order valence-electron chi connectivity index (χ1n) is 5.59. The molecule has 1 fully saturated rings. The van der Waals surface area contributed by atoms with Crippen LogP contribution in [0.15, 0.2) is 0 Å². The van der Waals surface area contributed by atoms with Gasteiger partial charge in [0.15, 0.2) is 0 Å². The smallest absolute Gasteiger partial charge is 0.106 e. The van der Waals surface area contributed by atoms with Gasteiger partial charge in [0, 0.05) is 12.6 Å². The predicted molar refractivity (Wildman–Crippen MR) is 57.7 cm³/mol. The van der Waals surface area contributed by atoms with Crippen LogP contribution in [-0.4, -0.2) is 30.6 Å². The van der Waals surface area contributed by atoms with Gasteiger partial charge < -0.3 is 10.6 Å². The second-order valence-corrected chi connectivity index (χ2v) is 4.32. The standard InChI is InChI=1S/C11H21N3/c1-14(9-10(13)8-12)11-6-4-2-3-5-7-11/h10-11H,2-7,9,13H2,1H3. The van der Waals surface area contributed by atoms with Gasteiger partial charge in [0.1, 0.15) is 6.04 Å². The van der Waals surface area contributed by atoms with Gasteiger partial charge in [0.25, 0.3) is 0 Å². The molecule has 1 aliphatic carbocycles. The van der Waals surface area contributed by atoms with Crippen LogP contribution in [-0.2, 0) is 0 Å². The number of hydrogen-bond acceptors (Lipinski definition) is 3. The summed E-state index contributed by atoms with van der Waals surface area (Å²) in [5.74, 6) is 0. The molecule has 0 aromatic rings. The molecule has 2 N–H and O–H groups in total. The van der Waals surface area contributed by atoms with Gasteiger partial charge in [-0.3, -0.25) is 0 Å². The molecule has 14 heavy (non-hydrogen) atoms. The van der Waals surface area contributed by atoms with Crippen LogP contribution in [0.3, 0.4) is 0 Å². The van der Waals surface area contributed by atoms with Gasteiger partial charge in [-0.1, -0.05) is 25.7 Å². The highest BCUT2D eigenvalue weighted by Crippen LogP contribution is 2.20. The summed E-state index contributed by atoms with van der Waals surface area (Å²) in [5.41, 5.74) is 5.62. The van der Waals surface area contributed by atoms with E-state index >= 15 is 0 Å². The van der Waals surface area contributed by atoms with E-state index in [-0.39, 0.29) is 6.04 Å². The first kappa shape index (κ1) is 11.5. The second-order valence-electron chi connectivity index (χ2n) is 4.32. The average Bonchev–Trinajstić information content (AvgIpc) is 2.45. The minimum atomic E-state index is -0.330. The van der Waals surface area contributed by atoms with Gasteiger partial charge in [-0.25, -0.2) is 0 Å². The van der Waals surface area contributed by atoms with Crippen LogP contribution < -0.4 is 5.73 Å². The third-order valence-corrected chi connectivity index (χ3v) is 3.10. The van der Waals surface area contributed by atoms with Gasteiger partial charge in [0.05, 0.1) is 6.07 Å². The summed E-state index contributed by atoms with van der Waals surface area (Å²) in [6, 6.07) is 2.41. The SMILES string of the molecule is CN(CC(N)C#N)C1CCCCCC1. The van der Waals surface area contributed by atoms with Crippen LogP contribution >= 0.6 is 0 Å². The van der Waals surface area contributed by atoms with E-state index in [4.69, 9.17) is 11.0 Å². The number of likely N-dealkylation sites (N-methyl/N-ethyl adjacent to an activating group) is 1. The van der Waals surface area contributed by atoms with Crippen molar-refractivity contribution in [2.45, 2.75) is 50.6 Å². The monoisotopic (exact) mass is 195 g/mol. The summed E-state index contributed by atoms with van der Waals surface area (Å²) < 4.78 is 0. The highest BCUT2D eigenvalue weighted by atomic mass is 15.1. The Bertz CT molecular complexity index is 189. The quantitative estimate of drug-likeness (QED) is 0.694. The van der Waals surface area contributed by atoms with Gasteiger partial charge in [-0.05, 0) is 19.9 Å². The van der Waals surface area contributed by atoms with Gasteiger partial charge in [-0.2, -0.15) is 5.26 Å². The molecule has 1 atom stereocenters. The van der Waals surface area contributed by atoms with Crippen LogP contribution in [0.25, 0.3) is 0 Å². The number of nitriles is 1. The highest BCUT2D eigenvalue weighted by molar-refractivity contribution is 4.89. The normalized spacial score (nSPS) is 21.6. The summed E-state index contributed by atoms with van der Waals surface area (Å²) in [7, 11) is 2.09. The van der Waals surface area contributed by atoms with E-state index in [1.807, 2.05) is 0 Å². The van der Waals surface area contributed by atoms with Crippen molar-refractivity contribution in [3.8, 4) is 6.07 Å². The van der Waals surface area contributed by atoms with Crippen molar-refractivity contribution in [1.82, 2.24) is 4.90 Å². The molecule has 0 aromatic heterocycles. The first-order valence-corrected chi connectivity index (χ1v) is 5.59. The van der Waals surface area contributed by atoms with Crippen molar-refractivity contribution in [2.24, 2.45) is 5.73 Å². The second kappa shape index (κ2) is 6.00. The molecule has 3 nitrogen and oxygen atoms in total. The lowest BCUT2D eigenvalue weighted by atomic mass is 10.1. The average molecular weight is 195 g/mol. The molecule has 0 aliphatic heterocycles. The van der Waals surface area contributed by atoms with Crippen LogP contribution in [0.2, 0.25) is 0 Å². The van der Waals surface area contributed by atoms with Gasteiger partial charge >= 0.3 is 0 Å². The van der Waals surface area contributed by atoms with Crippen LogP contribution in [0, 0.1) is 11.3 Å². The van der Waals surface area contributed by atoms with Gasteiger partial charge in [0.2, 0.25) is 0 Å². The Kier molecular flexibility index (Phi) is 4.92. The van der Waals surface area contributed by atoms with Crippen LogP contribution in [0.1, 0.15) is 38.5 Å². The minimum absolute atomic E-state index is 0.330. The fourth-order valence-electron chi connectivity index (χ4n) is 2.20. The fourth-order valence-corrected chi connectivity index (χ4v) is 2.20. The first-order chi connectivity index (χ1) is 6.74. The molecule has 0 amide bonds. The Morgan fingerprint density at radius 1 is 1.36 bits per heavy atom. The van der Waals surface area contributed by atoms with E-state index in [0.717, 1.165) is 0 Å². The van der Waals surface area contributed by atoms with Crippen molar-refractivity contribution in [3.05, 3.63) is 0 Å². The van der Waals surface area contributed by atoms with Crippen LogP contribution in [0.5, 0.6) is 0 Å². The molecule has 0 radical (unpaired) electrons. The molecule has 3 heteroatoms. The maximum absolute atomic E-state index is 8.64. The fraction of sp³-hybridized carbons (Fsp3) is 0.909. The third-order valence-electron chi connectivity index (χ3n) is 3.10. The Morgan fingerprint density at radius 2 is 1.93 bits per heavy atom. The number of rotatable bonds is 3. The van der Waals surface area contributed by atoms with Crippen molar-refractivity contribution >= 4 is 0 Å².